The van der Waals surface area contributed by atoms with Crippen molar-refractivity contribution in [2.24, 2.45) is 16.8 Å². The average Bonchev–Trinajstić information content (AvgIpc) is 2.28. The largest absolute Gasteiger partial charge is 0.409 e. The third-order valence-electron chi connectivity index (χ3n) is 2.53. The minimum Gasteiger partial charge on any atom is -0.409 e. The van der Waals surface area contributed by atoms with Gasteiger partial charge in [-0.1, -0.05) is 5.16 Å². The van der Waals surface area contributed by atoms with Crippen molar-refractivity contribution >= 4 is 5.84 Å². The normalized spacial score (nSPS) is 21.5. The smallest absolute Gasteiger partial charge is 0.401 e. The summed E-state index contributed by atoms with van der Waals surface area (Å²) < 4.78 is 47.8. The quantitative estimate of drug-likeness (QED) is 0.342. The molecule has 1 aliphatic rings. The highest BCUT2D eigenvalue weighted by atomic mass is 19.4. The highest BCUT2D eigenvalue weighted by Crippen LogP contribution is 2.27. The van der Waals surface area contributed by atoms with Gasteiger partial charge in [-0.05, 0) is 12.8 Å². The van der Waals surface area contributed by atoms with E-state index >= 15 is 0 Å². The zero-order chi connectivity index (χ0) is 12.9. The fourth-order valence-electron chi connectivity index (χ4n) is 1.49. The van der Waals surface area contributed by atoms with Crippen molar-refractivity contribution in [3.05, 3.63) is 0 Å². The molecule has 0 aliphatic carbocycles. The van der Waals surface area contributed by atoms with E-state index in [-0.39, 0.29) is 6.10 Å². The van der Waals surface area contributed by atoms with Crippen LogP contribution in [-0.2, 0) is 9.47 Å². The predicted octanol–water partition coefficient (Wildman–Crippen LogP) is 1.11. The van der Waals surface area contributed by atoms with Crippen LogP contribution in [0.1, 0.15) is 12.8 Å². The summed E-state index contributed by atoms with van der Waals surface area (Å²) in [5, 5.41) is 10.7. The van der Waals surface area contributed by atoms with Gasteiger partial charge >= 0.3 is 6.18 Å². The Balaban J connectivity index is 2.49. The van der Waals surface area contributed by atoms with Crippen LogP contribution in [0, 0.1) is 5.92 Å². The lowest BCUT2D eigenvalue weighted by atomic mass is 10.1. The zero-order valence-corrected chi connectivity index (χ0v) is 9.11. The Hall–Kier alpha value is -1.02. The summed E-state index contributed by atoms with van der Waals surface area (Å²) in [4.78, 5) is 0. The molecule has 1 atom stereocenters. The second-order valence-electron chi connectivity index (χ2n) is 3.76. The molecule has 5 nitrogen and oxygen atoms in total. The molecule has 17 heavy (non-hydrogen) atoms. The van der Waals surface area contributed by atoms with Crippen molar-refractivity contribution in [3.8, 4) is 0 Å². The third kappa shape index (κ3) is 4.39. The molecule has 100 valence electrons. The lowest BCUT2D eigenvalue weighted by Crippen LogP contribution is -2.40. The van der Waals surface area contributed by atoms with Crippen LogP contribution in [0.4, 0.5) is 13.2 Å². The number of amidine groups is 1. The van der Waals surface area contributed by atoms with Gasteiger partial charge in [-0.3, -0.25) is 0 Å². The van der Waals surface area contributed by atoms with E-state index < -0.39 is 24.5 Å². The second-order valence-corrected chi connectivity index (χ2v) is 3.76. The fourth-order valence-corrected chi connectivity index (χ4v) is 1.49. The van der Waals surface area contributed by atoms with Crippen molar-refractivity contribution in [3.63, 3.8) is 0 Å². The van der Waals surface area contributed by atoms with Crippen LogP contribution in [0.5, 0.6) is 0 Å². The maximum Gasteiger partial charge on any atom is 0.401 e. The summed E-state index contributed by atoms with van der Waals surface area (Å²) in [5.41, 5.74) is 4.99. The number of nitrogens with zero attached hydrogens (tertiary/aromatic N) is 1. The van der Waals surface area contributed by atoms with Gasteiger partial charge in [0.2, 0.25) is 0 Å². The van der Waals surface area contributed by atoms with Gasteiger partial charge in [0.1, 0.15) is 5.92 Å². The first kappa shape index (κ1) is 14.0. The average molecular weight is 256 g/mol. The van der Waals surface area contributed by atoms with Gasteiger partial charge in [0.25, 0.3) is 0 Å². The zero-order valence-electron chi connectivity index (χ0n) is 9.11. The second kappa shape index (κ2) is 6.06. The van der Waals surface area contributed by atoms with Gasteiger partial charge in [-0.2, -0.15) is 13.2 Å². The van der Waals surface area contributed by atoms with Gasteiger partial charge in [-0.15, -0.1) is 0 Å². The van der Waals surface area contributed by atoms with E-state index in [9.17, 15) is 13.2 Å². The summed E-state index contributed by atoms with van der Waals surface area (Å²) >= 11 is 0. The topological polar surface area (TPSA) is 77.1 Å². The van der Waals surface area contributed by atoms with Crippen molar-refractivity contribution < 1.29 is 27.9 Å². The predicted molar refractivity (Wildman–Crippen MR) is 52.7 cm³/mol. The summed E-state index contributed by atoms with van der Waals surface area (Å²) in [6, 6.07) is 0. The number of ether oxygens (including phenoxy) is 2. The molecule has 1 unspecified atom stereocenters. The Labute approximate surface area is 96.4 Å². The van der Waals surface area contributed by atoms with Gasteiger partial charge < -0.3 is 20.4 Å². The molecule has 1 rings (SSSR count). The Morgan fingerprint density at radius 3 is 2.53 bits per heavy atom. The Morgan fingerprint density at radius 2 is 2.06 bits per heavy atom. The maximum atomic E-state index is 12.5. The first-order valence-electron chi connectivity index (χ1n) is 5.18. The standard InChI is InChI=1S/C9H15F3N2O3/c10-9(11,12)7(8(13)14-15)5-17-6-1-3-16-4-2-6/h6-7,15H,1-5H2,(H2,13,14). The van der Waals surface area contributed by atoms with Gasteiger partial charge in [0.15, 0.2) is 5.84 Å². The molecule has 0 spiro atoms. The molecule has 0 radical (unpaired) electrons. The molecule has 1 fully saturated rings. The number of halogens is 3. The first-order chi connectivity index (χ1) is 7.95. The summed E-state index contributed by atoms with van der Waals surface area (Å²) in [5.74, 6) is -2.96. The Kier molecular flexibility index (Phi) is 5.01. The van der Waals surface area contributed by atoms with Crippen LogP contribution in [0.25, 0.3) is 0 Å². The van der Waals surface area contributed by atoms with E-state index in [2.05, 4.69) is 5.16 Å². The number of hydrogen-bond acceptors (Lipinski definition) is 4. The van der Waals surface area contributed by atoms with Gasteiger partial charge in [0, 0.05) is 13.2 Å². The van der Waals surface area contributed by atoms with Crippen LogP contribution in [0.2, 0.25) is 0 Å². The van der Waals surface area contributed by atoms with Crippen molar-refractivity contribution in [1.29, 1.82) is 0 Å². The van der Waals surface area contributed by atoms with Crippen molar-refractivity contribution in [1.82, 2.24) is 0 Å². The van der Waals surface area contributed by atoms with Crippen LogP contribution in [0.3, 0.4) is 0 Å². The lowest BCUT2D eigenvalue weighted by molar-refractivity contribution is -0.175. The molecular formula is C9H15F3N2O3. The van der Waals surface area contributed by atoms with Gasteiger partial charge in [-0.25, -0.2) is 0 Å². The van der Waals surface area contributed by atoms with Crippen LogP contribution >= 0.6 is 0 Å². The van der Waals surface area contributed by atoms with E-state index in [4.69, 9.17) is 20.4 Å². The summed E-state index contributed by atoms with van der Waals surface area (Å²) in [6.45, 7) is 0.319. The fraction of sp³-hybridized carbons (Fsp3) is 0.889. The molecule has 0 amide bonds. The molecule has 0 bridgehead atoms. The maximum absolute atomic E-state index is 12.5. The van der Waals surface area contributed by atoms with Crippen molar-refractivity contribution in [2.75, 3.05) is 19.8 Å². The first-order valence-corrected chi connectivity index (χ1v) is 5.18. The van der Waals surface area contributed by atoms with Crippen LogP contribution in [0.15, 0.2) is 5.16 Å². The Bertz CT molecular complexity index is 265. The number of oxime groups is 1. The molecule has 1 heterocycles. The van der Waals surface area contributed by atoms with E-state index in [1.807, 2.05) is 0 Å². The minimum atomic E-state index is -4.58. The molecule has 0 aromatic carbocycles. The lowest BCUT2D eigenvalue weighted by Gasteiger charge is -2.25. The molecule has 0 saturated carbocycles. The number of alkyl halides is 3. The molecule has 8 heteroatoms. The SMILES string of the molecule is NC(=NO)C(COC1CCOCC1)C(F)(F)F. The minimum absolute atomic E-state index is 0.264. The molecule has 0 aromatic heterocycles. The molecular weight excluding hydrogens is 241 g/mol. The van der Waals surface area contributed by atoms with E-state index in [1.165, 1.54) is 0 Å². The Morgan fingerprint density at radius 1 is 1.47 bits per heavy atom. The monoisotopic (exact) mass is 256 g/mol. The van der Waals surface area contributed by atoms with E-state index in [0.717, 1.165) is 0 Å². The molecule has 1 saturated heterocycles. The number of rotatable bonds is 4. The van der Waals surface area contributed by atoms with Crippen molar-refractivity contribution in [2.45, 2.75) is 25.1 Å². The molecule has 0 aromatic rings. The highest BCUT2D eigenvalue weighted by Gasteiger charge is 2.43. The number of nitrogens with two attached hydrogens (primary N) is 1. The molecule has 1 aliphatic heterocycles. The molecule has 3 N–H and O–H groups in total. The van der Waals surface area contributed by atoms with E-state index in [1.54, 1.807) is 0 Å². The van der Waals surface area contributed by atoms with Crippen LogP contribution in [-0.4, -0.2) is 43.1 Å². The van der Waals surface area contributed by atoms with Crippen LogP contribution < -0.4 is 5.73 Å². The summed E-state index contributed by atoms with van der Waals surface area (Å²) in [6.07, 6.45) is -3.73. The summed E-state index contributed by atoms with van der Waals surface area (Å²) in [7, 11) is 0. The highest BCUT2D eigenvalue weighted by molar-refractivity contribution is 5.83. The number of hydrogen-bond donors (Lipinski definition) is 2. The third-order valence-corrected chi connectivity index (χ3v) is 2.53. The van der Waals surface area contributed by atoms with Gasteiger partial charge in [0.05, 0.1) is 12.7 Å². The van der Waals surface area contributed by atoms with E-state index in [0.29, 0.717) is 26.1 Å².